The minimum atomic E-state index is -0.138. The second kappa shape index (κ2) is 5.55. The van der Waals surface area contributed by atoms with Crippen molar-refractivity contribution in [3.05, 3.63) is 53.1 Å². The number of hydrogen-bond acceptors (Lipinski definition) is 3. The summed E-state index contributed by atoms with van der Waals surface area (Å²) in [4.78, 5) is 12.6. The van der Waals surface area contributed by atoms with E-state index in [2.05, 4.69) is 5.32 Å². The zero-order chi connectivity index (χ0) is 16.7. The second-order valence-corrected chi connectivity index (χ2v) is 7.01. The summed E-state index contributed by atoms with van der Waals surface area (Å²) in [6.07, 6.45) is 2.31. The smallest absolute Gasteiger partial charge is 0.255 e. The van der Waals surface area contributed by atoms with Gasteiger partial charge in [-0.05, 0) is 62.1 Å². The van der Waals surface area contributed by atoms with E-state index in [0.717, 1.165) is 35.4 Å². The van der Waals surface area contributed by atoms with E-state index in [9.17, 15) is 4.79 Å². The molecular weight excluding hydrogens is 302 g/mol. The van der Waals surface area contributed by atoms with Crippen molar-refractivity contribution >= 4 is 11.6 Å². The maximum atomic E-state index is 12.6. The molecule has 4 heteroatoms. The molecular formula is C20H21NO3. The van der Waals surface area contributed by atoms with Crippen molar-refractivity contribution in [3.63, 3.8) is 0 Å². The summed E-state index contributed by atoms with van der Waals surface area (Å²) >= 11 is 0. The van der Waals surface area contributed by atoms with E-state index >= 15 is 0 Å². The molecule has 4 rings (SSSR count). The summed E-state index contributed by atoms with van der Waals surface area (Å²) in [5.41, 5.74) is 3.76. The number of anilines is 1. The van der Waals surface area contributed by atoms with Crippen LogP contribution in [0.3, 0.4) is 0 Å². The lowest BCUT2D eigenvalue weighted by atomic mass is 10.1. The molecule has 2 aromatic rings. The SMILES string of the molecule is Cc1ccc(C)c(NC(=O)c2ccc3c(c2)OCC2(CC2)CO3)c1. The predicted molar refractivity (Wildman–Crippen MR) is 93.0 cm³/mol. The molecule has 1 fully saturated rings. The van der Waals surface area contributed by atoms with Crippen LogP contribution in [-0.4, -0.2) is 19.1 Å². The van der Waals surface area contributed by atoms with Crippen molar-refractivity contribution in [2.24, 2.45) is 5.41 Å². The van der Waals surface area contributed by atoms with Gasteiger partial charge in [-0.1, -0.05) is 12.1 Å². The first-order chi connectivity index (χ1) is 11.5. The topological polar surface area (TPSA) is 47.6 Å². The van der Waals surface area contributed by atoms with Gasteiger partial charge in [0.25, 0.3) is 5.91 Å². The van der Waals surface area contributed by atoms with Gasteiger partial charge in [-0.25, -0.2) is 0 Å². The van der Waals surface area contributed by atoms with E-state index in [-0.39, 0.29) is 11.3 Å². The molecule has 2 aliphatic rings. The van der Waals surface area contributed by atoms with E-state index in [1.807, 2.05) is 38.1 Å². The van der Waals surface area contributed by atoms with Gasteiger partial charge in [-0.15, -0.1) is 0 Å². The van der Waals surface area contributed by atoms with E-state index < -0.39 is 0 Å². The van der Waals surface area contributed by atoms with Crippen LogP contribution in [0, 0.1) is 19.3 Å². The molecule has 0 radical (unpaired) electrons. The van der Waals surface area contributed by atoms with Gasteiger partial charge < -0.3 is 14.8 Å². The summed E-state index contributed by atoms with van der Waals surface area (Å²) < 4.78 is 11.8. The van der Waals surface area contributed by atoms with Gasteiger partial charge in [0.1, 0.15) is 0 Å². The molecule has 24 heavy (non-hydrogen) atoms. The van der Waals surface area contributed by atoms with Gasteiger partial charge in [0.2, 0.25) is 0 Å². The van der Waals surface area contributed by atoms with Crippen LogP contribution < -0.4 is 14.8 Å². The van der Waals surface area contributed by atoms with Crippen LogP contribution in [0.25, 0.3) is 0 Å². The molecule has 0 unspecified atom stereocenters. The summed E-state index contributed by atoms with van der Waals surface area (Å²) in [5.74, 6) is 1.25. The fraction of sp³-hybridized carbons (Fsp3) is 0.350. The Bertz CT molecular complexity index is 809. The van der Waals surface area contributed by atoms with Crippen LogP contribution in [0.2, 0.25) is 0 Å². The monoisotopic (exact) mass is 323 g/mol. The number of aryl methyl sites for hydroxylation is 2. The van der Waals surface area contributed by atoms with Gasteiger partial charge in [-0.3, -0.25) is 4.79 Å². The molecule has 1 N–H and O–H groups in total. The molecule has 1 heterocycles. The molecule has 0 aromatic heterocycles. The highest BCUT2D eigenvalue weighted by molar-refractivity contribution is 6.05. The number of fused-ring (bicyclic) bond motifs is 1. The fourth-order valence-electron chi connectivity index (χ4n) is 2.92. The largest absolute Gasteiger partial charge is 0.489 e. The normalized spacial score (nSPS) is 17.2. The van der Waals surface area contributed by atoms with Crippen LogP contribution in [0.1, 0.15) is 34.3 Å². The van der Waals surface area contributed by atoms with Crippen molar-refractivity contribution in [2.45, 2.75) is 26.7 Å². The molecule has 0 saturated heterocycles. The summed E-state index contributed by atoms with van der Waals surface area (Å²) in [7, 11) is 0. The van der Waals surface area contributed by atoms with E-state index in [4.69, 9.17) is 9.47 Å². The van der Waals surface area contributed by atoms with Gasteiger partial charge in [0, 0.05) is 16.7 Å². The van der Waals surface area contributed by atoms with Crippen LogP contribution >= 0.6 is 0 Å². The minimum Gasteiger partial charge on any atom is -0.489 e. The van der Waals surface area contributed by atoms with Crippen LogP contribution in [-0.2, 0) is 0 Å². The molecule has 1 saturated carbocycles. The predicted octanol–water partition coefficient (Wildman–Crippen LogP) is 4.11. The Morgan fingerprint density at radius 1 is 1.00 bits per heavy atom. The van der Waals surface area contributed by atoms with Crippen LogP contribution in [0.15, 0.2) is 36.4 Å². The summed E-state index contributed by atoms with van der Waals surface area (Å²) in [6.45, 7) is 5.37. The molecule has 4 nitrogen and oxygen atoms in total. The van der Waals surface area contributed by atoms with Crippen LogP contribution in [0.5, 0.6) is 11.5 Å². The average molecular weight is 323 g/mol. The first kappa shape index (κ1) is 15.1. The number of ether oxygens (including phenoxy) is 2. The van der Waals surface area contributed by atoms with E-state index in [1.54, 1.807) is 12.1 Å². The van der Waals surface area contributed by atoms with Gasteiger partial charge in [-0.2, -0.15) is 0 Å². The lowest BCUT2D eigenvalue weighted by Gasteiger charge is -2.11. The highest BCUT2D eigenvalue weighted by Gasteiger charge is 2.46. The number of amides is 1. The Kier molecular flexibility index (Phi) is 3.48. The number of carbonyl (C=O) groups is 1. The maximum Gasteiger partial charge on any atom is 0.255 e. The van der Waals surface area contributed by atoms with Crippen LogP contribution in [0.4, 0.5) is 5.69 Å². The fourth-order valence-corrected chi connectivity index (χ4v) is 2.92. The number of nitrogens with one attached hydrogen (secondary N) is 1. The quantitative estimate of drug-likeness (QED) is 0.905. The molecule has 0 bridgehead atoms. The Balaban J connectivity index is 1.55. The second-order valence-electron chi connectivity index (χ2n) is 7.01. The lowest BCUT2D eigenvalue weighted by molar-refractivity contribution is 0.102. The molecule has 1 amide bonds. The highest BCUT2D eigenvalue weighted by atomic mass is 16.5. The number of benzene rings is 2. The van der Waals surface area contributed by atoms with Crippen molar-refractivity contribution in [2.75, 3.05) is 18.5 Å². The van der Waals surface area contributed by atoms with Crippen molar-refractivity contribution in [1.82, 2.24) is 0 Å². The molecule has 2 aromatic carbocycles. The molecule has 1 aliphatic heterocycles. The Labute approximate surface area is 141 Å². The van der Waals surface area contributed by atoms with Crippen molar-refractivity contribution in [3.8, 4) is 11.5 Å². The zero-order valence-electron chi connectivity index (χ0n) is 14.0. The first-order valence-electron chi connectivity index (χ1n) is 8.33. The summed E-state index contributed by atoms with van der Waals surface area (Å²) in [6, 6.07) is 11.4. The zero-order valence-corrected chi connectivity index (χ0v) is 14.0. The third-order valence-corrected chi connectivity index (χ3v) is 4.87. The molecule has 0 atom stereocenters. The van der Waals surface area contributed by atoms with Gasteiger partial charge in [0.15, 0.2) is 11.5 Å². The van der Waals surface area contributed by atoms with Crippen molar-refractivity contribution in [1.29, 1.82) is 0 Å². The highest BCUT2D eigenvalue weighted by Crippen LogP contribution is 2.49. The lowest BCUT2D eigenvalue weighted by Crippen LogP contribution is -2.17. The van der Waals surface area contributed by atoms with Gasteiger partial charge in [0.05, 0.1) is 13.2 Å². The third kappa shape index (κ3) is 2.84. The number of carbonyl (C=O) groups excluding carboxylic acids is 1. The standard InChI is InChI=1S/C20H21NO3/c1-13-3-4-14(2)16(9-13)21-19(22)15-5-6-17-18(10-15)24-12-20(7-8-20)11-23-17/h3-6,9-10H,7-8,11-12H2,1-2H3,(H,21,22). The van der Waals surface area contributed by atoms with Gasteiger partial charge >= 0.3 is 0 Å². The number of hydrogen-bond donors (Lipinski definition) is 1. The molecule has 1 spiro atoms. The molecule has 1 aliphatic carbocycles. The average Bonchev–Trinajstić information content (AvgIpc) is 3.37. The summed E-state index contributed by atoms with van der Waals surface area (Å²) in [5, 5.41) is 2.98. The minimum absolute atomic E-state index is 0.138. The van der Waals surface area contributed by atoms with E-state index in [1.165, 1.54) is 0 Å². The van der Waals surface area contributed by atoms with Crippen molar-refractivity contribution < 1.29 is 14.3 Å². The Hall–Kier alpha value is -2.49. The Morgan fingerprint density at radius 3 is 2.50 bits per heavy atom. The van der Waals surface area contributed by atoms with E-state index in [0.29, 0.717) is 24.5 Å². The first-order valence-corrected chi connectivity index (χ1v) is 8.33. The number of rotatable bonds is 2. The maximum absolute atomic E-state index is 12.6. The third-order valence-electron chi connectivity index (χ3n) is 4.87. The molecule has 124 valence electrons. The Morgan fingerprint density at radius 2 is 1.75 bits per heavy atom.